The number of sulfonamides is 1. The van der Waals surface area contributed by atoms with E-state index in [0.29, 0.717) is 14.9 Å². The van der Waals surface area contributed by atoms with Gasteiger partial charge in [0.2, 0.25) is 0 Å². The Morgan fingerprint density at radius 3 is 2.95 bits per heavy atom. The topological polar surface area (TPSA) is 85.1 Å². The number of nitrogens with two attached hydrogens (primary N) is 1. The first kappa shape index (κ1) is 14.0. The molecule has 0 fully saturated rings. The zero-order valence-electron chi connectivity index (χ0n) is 11.0. The van der Waals surface area contributed by atoms with Crippen LogP contribution in [0.4, 0.5) is 5.13 Å². The van der Waals surface area contributed by atoms with Gasteiger partial charge in [0, 0.05) is 16.3 Å². The number of aryl methyl sites for hydroxylation is 3. The minimum atomic E-state index is -3.60. The summed E-state index contributed by atoms with van der Waals surface area (Å²) in [5.74, 6) is 0. The first-order valence-electron chi connectivity index (χ1n) is 6.29. The molecule has 0 bridgehead atoms. The molecule has 5 nitrogen and oxygen atoms in total. The number of nitrogens with one attached hydrogen (secondary N) is 1. The minimum absolute atomic E-state index is 0.225. The van der Waals surface area contributed by atoms with Crippen molar-refractivity contribution in [2.75, 3.05) is 4.72 Å². The summed E-state index contributed by atoms with van der Waals surface area (Å²) in [4.78, 5) is 6.55. The molecule has 0 spiro atoms. The lowest BCUT2D eigenvalue weighted by Gasteiger charge is -2.07. The van der Waals surface area contributed by atoms with Crippen molar-refractivity contribution in [1.82, 2.24) is 4.98 Å². The fraction of sp³-hybridized carbons (Fsp3) is 0.417. The van der Waals surface area contributed by atoms with E-state index >= 15 is 0 Å². The summed E-state index contributed by atoms with van der Waals surface area (Å²) in [6, 6.07) is 0. The molecule has 20 heavy (non-hydrogen) atoms. The third-order valence-electron chi connectivity index (χ3n) is 3.26. The standard InChI is InChI=1S/C12H15N3O2S3/c1-7-6-18-10(5-13)11(7)20(16,17)15-12-14-8-3-2-4-9(8)19-12/h6H,2-5,13H2,1H3,(H,14,15). The summed E-state index contributed by atoms with van der Waals surface area (Å²) in [7, 11) is -3.60. The molecule has 3 rings (SSSR count). The number of aromatic nitrogens is 1. The van der Waals surface area contributed by atoms with Gasteiger partial charge in [0.15, 0.2) is 5.13 Å². The average molecular weight is 329 g/mol. The molecule has 0 unspecified atom stereocenters. The molecule has 2 aromatic heterocycles. The molecular weight excluding hydrogens is 314 g/mol. The molecule has 2 aromatic rings. The van der Waals surface area contributed by atoms with E-state index < -0.39 is 10.0 Å². The van der Waals surface area contributed by atoms with Crippen LogP contribution in [0.5, 0.6) is 0 Å². The highest BCUT2D eigenvalue weighted by Crippen LogP contribution is 2.33. The predicted molar refractivity (Wildman–Crippen MR) is 81.9 cm³/mol. The van der Waals surface area contributed by atoms with Crippen LogP contribution in [-0.4, -0.2) is 13.4 Å². The molecule has 1 aliphatic carbocycles. The molecule has 3 N–H and O–H groups in total. The maximum atomic E-state index is 12.5. The molecule has 8 heteroatoms. The second-order valence-corrected chi connectivity index (χ2v) is 8.39. The zero-order valence-corrected chi connectivity index (χ0v) is 13.4. The number of anilines is 1. The predicted octanol–water partition coefficient (Wildman–Crippen LogP) is 2.26. The summed E-state index contributed by atoms with van der Waals surface area (Å²) in [5.41, 5.74) is 7.38. The zero-order chi connectivity index (χ0) is 14.3. The Bertz CT molecular complexity index is 725. The van der Waals surface area contributed by atoms with Gasteiger partial charge in [0.05, 0.1) is 5.69 Å². The van der Waals surface area contributed by atoms with Crippen LogP contribution in [0, 0.1) is 6.92 Å². The van der Waals surface area contributed by atoms with Gasteiger partial charge in [0.1, 0.15) is 4.90 Å². The Labute approximate surface area is 125 Å². The first-order chi connectivity index (χ1) is 9.51. The number of hydrogen-bond acceptors (Lipinski definition) is 6. The van der Waals surface area contributed by atoms with Gasteiger partial charge in [0.25, 0.3) is 10.0 Å². The number of thiazole rings is 1. The molecule has 2 heterocycles. The van der Waals surface area contributed by atoms with Crippen molar-refractivity contribution in [2.24, 2.45) is 5.73 Å². The fourth-order valence-electron chi connectivity index (χ4n) is 2.39. The van der Waals surface area contributed by atoms with E-state index in [9.17, 15) is 8.42 Å². The highest BCUT2D eigenvalue weighted by Gasteiger charge is 2.25. The summed E-state index contributed by atoms with van der Waals surface area (Å²) < 4.78 is 27.6. The number of fused-ring (bicyclic) bond motifs is 1. The summed E-state index contributed by atoms with van der Waals surface area (Å²) in [6.45, 7) is 2.01. The van der Waals surface area contributed by atoms with Crippen LogP contribution in [0.15, 0.2) is 10.3 Å². The Morgan fingerprint density at radius 1 is 1.45 bits per heavy atom. The van der Waals surface area contributed by atoms with Crippen molar-refractivity contribution < 1.29 is 8.42 Å². The lowest BCUT2D eigenvalue weighted by atomic mass is 10.3. The van der Waals surface area contributed by atoms with Crippen molar-refractivity contribution in [2.45, 2.75) is 37.6 Å². The lowest BCUT2D eigenvalue weighted by molar-refractivity contribution is 0.600. The monoisotopic (exact) mass is 329 g/mol. The Kier molecular flexibility index (Phi) is 3.57. The van der Waals surface area contributed by atoms with Gasteiger partial charge in [-0.1, -0.05) is 0 Å². The second-order valence-electron chi connectivity index (χ2n) is 4.72. The molecule has 0 saturated heterocycles. The molecular formula is C12H15N3O2S3. The fourth-order valence-corrected chi connectivity index (χ4v) is 6.38. The van der Waals surface area contributed by atoms with Crippen molar-refractivity contribution >= 4 is 37.8 Å². The van der Waals surface area contributed by atoms with E-state index in [1.54, 1.807) is 6.92 Å². The molecule has 0 atom stereocenters. The molecule has 0 saturated carbocycles. The molecule has 108 valence electrons. The highest BCUT2D eigenvalue weighted by molar-refractivity contribution is 7.93. The van der Waals surface area contributed by atoms with Crippen LogP contribution in [-0.2, 0) is 29.4 Å². The summed E-state index contributed by atoms with van der Waals surface area (Å²) in [5, 5.41) is 2.28. The number of hydrogen-bond donors (Lipinski definition) is 2. The SMILES string of the molecule is Cc1csc(CN)c1S(=O)(=O)Nc1nc2c(s1)CCC2. The van der Waals surface area contributed by atoms with Crippen molar-refractivity contribution in [3.8, 4) is 0 Å². The van der Waals surface area contributed by atoms with Crippen LogP contribution in [0.3, 0.4) is 0 Å². The highest BCUT2D eigenvalue weighted by atomic mass is 32.2. The van der Waals surface area contributed by atoms with Crippen LogP contribution >= 0.6 is 22.7 Å². The molecule has 0 amide bonds. The maximum Gasteiger partial charge on any atom is 0.265 e. The quantitative estimate of drug-likeness (QED) is 0.901. The van der Waals surface area contributed by atoms with E-state index in [-0.39, 0.29) is 6.54 Å². The van der Waals surface area contributed by atoms with Crippen LogP contribution < -0.4 is 10.5 Å². The van der Waals surface area contributed by atoms with E-state index in [4.69, 9.17) is 5.73 Å². The smallest absolute Gasteiger partial charge is 0.265 e. The third kappa shape index (κ3) is 2.37. The second kappa shape index (κ2) is 5.10. The van der Waals surface area contributed by atoms with Crippen LogP contribution in [0.1, 0.15) is 27.4 Å². The number of rotatable bonds is 4. The Morgan fingerprint density at radius 2 is 2.25 bits per heavy atom. The van der Waals surface area contributed by atoms with Gasteiger partial charge >= 0.3 is 0 Å². The number of thiophene rings is 1. The maximum absolute atomic E-state index is 12.5. The van der Waals surface area contributed by atoms with Gasteiger partial charge < -0.3 is 5.73 Å². The van der Waals surface area contributed by atoms with Crippen molar-refractivity contribution in [3.63, 3.8) is 0 Å². The Balaban J connectivity index is 1.93. The van der Waals surface area contributed by atoms with Gasteiger partial charge in [-0.05, 0) is 37.1 Å². The lowest BCUT2D eigenvalue weighted by Crippen LogP contribution is -2.15. The molecule has 0 aliphatic heterocycles. The van der Waals surface area contributed by atoms with Gasteiger partial charge in [-0.3, -0.25) is 4.72 Å². The molecule has 0 radical (unpaired) electrons. The van der Waals surface area contributed by atoms with Crippen LogP contribution in [0.25, 0.3) is 0 Å². The van der Waals surface area contributed by atoms with Gasteiger partial charge in [-0.2, -0.15) is 0 Å². The normalized spacial score (nSPS) is 14.5. The van der Waals surface area contributed by atoms with Crippen molar-refractivity contribution in [1.29, 1.82) is 0 Å². The van der Waals surface area contributed by atoms with Gasteiger partial charge in [-0.15, -0.1) is 22.7 Å². The van der Waals surface area contributed by atoms with E-state index in [1.165, 1.54) is 27.6 Å². The average Bonchev–Trinajstić information content (AvgIpc) is 3.02. The molecule has 1 aliphatic rings. The largest absolute Gasteiger partial charge is 0.326 e. The van der Waals surface area contributed by atoms with Crippen molar-refractivity contribution in [3.05, 3.63) is 26.4 Å². The number of nitrogens with zero attached hydrogens (tertiary/aromatic N) is 1. The Hall–Kier alpha value is -0.960. The minimum Gasteiger partial charge on any atom is -0.326 e. The van der Waals surface area contributed by atoms with E-state index in [2.05, 4.69) is 9.71 Å². The third-order valence-corrected chi connectivity index (χ3v) is 7.29. The van der Waals surface area contributed by atoms with Crippen LogP contribution in [0.2, 0.25) is 0 Å². The summed E-state index contributed by atoms with van der Waals surface area (Å²) >= 11 is 2.81. The van der Waals surface area contributed by atoms with E-state index in [0.717, 1.165) is 30.5 Å². The summed E-state index contributed by atoms with van der Waals surface area (Å²) in [6.07, 6.45) is 3.06. The van der Waals surface area contributed by atoms with Gasteiger partial charge in [-0.25, -0.2) is 13.4 Å². The molecule has 0 aromatic carbocycles. The van der Waals surface area contributed by atoms with E-state index in [1.807, 2.05) is 5.38 Å². The first-order valence-corrected chi connectivity index (χ1v) is 9.47.